The molecule has 10 heavy (non-hydrogen) atoms. The normalized spacial score (nSPS) is 26.5. The van der Waals surface area contributed by atoms with Gasteiger partial charge >= 0.3 is 0 Å². The van der Waals surface area contributed by atoms with Gasteiger partial charge in [-0.05, 0) is 12.3 Å². The average Bonchev–Trinajstić information content (AvgIpc) is 2.31. The summed E-state index contributed by atoms with van der Waals surface area (Å²) in [5.74, 6) is 0.757. The number of rotatable bonds is 2. The zero-order valence-corrected chi connectivity index (χ0v) is 5.92. The fourth-order valence-electron chi connectivity index (χ4n) is 1.26. The van der Waals surface area contributed by atoms with Gasteiger partial charge in [-0.2, -0.15) is 0 Å². The van der Waals surface area contributed by atoms with Gasteiger partial charge in [0.2, 0.25) is 0 Å². The van der Waals surface area contributed by atoms with Crippen molar-refractivity contribution in [3.05, 3.63) is 12.2 Å². The van der Waals surface area contributed by atoms with Crippen molar-refractivity contribution >= 4 is 5.78 Å². The summed E-state index contributed by atoms with van der Waals surface area (Å²) in [6.07, 6.45) is 6.01. The van der Waals surface area contributed by atoms with Crippen LogP contribution in [0.1, 0.15) is 19.3 Å². The van der Waals surface area contributed by atoms with E-state index in [1.165, 1.54) is 0 Å². The van der Waals surface area contributed by atoms with Crippen LogP contribution in [0.2, 0.25) is 0 Å². The Morgan fingerprint density at radius 2 is 2.50 bits per heavy atom. The molecule has 0 bridgehead atoms. The fraction of sp³-hybridized carbons (Fsp3) is 0.625. The highest BCUT2D eigenvalue weighted by Gasteiger charge is 2.18. The maximum Gasteiger partial charge on any atom is 0.133 e. The topological polar surface area (TPSA) is 37.3 Å². The lowest BCUT2D eigenvalue weighted by Crippen LogP contribution is -1.90. The van der Waals surface area contributed by atoms with Crippen molar-refractivity contribution in [1.29, 1.82) is 0 Å². The molecule has 56 valence electrons. The first-order valence-corrected chi connectivity index (χ1v) is 3.62. The summed E-state index contributed by atoms with van der Waals surface area (Å²) in [4.78, 5) is 10.7. The molecule has 0 spiro atoms. The second kappa shape index (κ2) is 3.52. The predicted molar refractivity (Wildman–Crippen MR) is 38.6 cm³/mol. The Hall–Kier alpha value is -0.630. The Balaban J connectivity index is 2.31. The van der Waals surface area contributed by atoms with Crippen molar-refractivity contribution in [1.82, 2.24) is 0 Å². The number of hydrogen-bond donors (Lipinski definition) is 1. The first-order chi connectivity index (χ1) is 4.83. The van der Waals surface area contributed by atoms with Crippen LogP contribution in [0.5, 0.6) is 0 Å². The molecule has 0 amide bonds. The van der Waals surface area contributed by atoms with Gasteiger partial charge in [-0.15, -0.1) is 0 Å². The number of Topliss-reactive ketones (excluding diaryl/α,β-unsaturated/α-hetero) is 1. The molecule has 1 rings (SSSR count). The minimum atomic E-state index is 0.0880. The van der Waals surface area contributed by atoms with E-state index in [9.17, 15) is 4.79 Å². The highest BCUT2D eigenvalue weighted by atomic mass is 16.2. The largest absolute Gasteiger partial charge is 0.392 e. The molecule has 0 aromatic rings. The molecule has 1 aliphatic rings. The molecular weight excluding hydrogens is 128 g/mol. The third kappa shape index (κ3) is 1.95. The van der Waals surface area contributed by atoms with Crippen LogP contribution in [-0.2, 0) is 4.79 Å². The van der Waals surface area contributed by atoms with E-state index in [1.54, 1.807) is 6.08 Å². The summed E-state index contributed by atoms with van der Waals surface area (Å²) >= 11 is 0. The fourth-order valence-corrected chi connectivity index (χ4v) is 1.26. The summed E-state index contributed by atoms with van der Waals surface area (Å²) in [7, 11) is 0. The van der Waals surface area contributed by atoms with Gasteiger partial charge in [-0.1, -0.05) is 12.2 Å². The minimum absolute atomic E-state index is 0.0880. The molecule has 0 saturated heterocycles. The van der Waals surface area contributed by atoms with Gasteiger partial charge in [0.1, 0.15) is 5.78 Å². The van der Waals surface area contributed by atoms with E-state index >= 15 is 0 Å². The van der Waals surface area contributed by atoms with Crippen LogP contribution in [0.15, 0.2) is 12.2 Å². The van der Waals surface area contributed by atoms with E-state index in [-0.39, 0.29) is 6.61 Å². The van der Waals surface area contributed by atoms with Gasteiger partial charge in [0.25, 0.3) is 0 Å². The van der Waals surface area contributed by atoms with Crippen LogP contribution >= 0.6 is 0 Å². The first kappa shape index (κ1) is 7.48. The maximum atomic E-state index is 10.7. The van der Waals surface area contributed by atoms with E-state index in [0.717, 1.165) is 12.8 Å². The lowest BCUT2D eigenvalue weighted by molar-refractivity contribution is -0.117. The molecule has 1 N–H and O–H groups in total. The number of hydrogen-bond acceptors (Lipinski definition) is 2. The molecule has 2 heteroatoms. The van der Waals surface area contributed by atoms with E-state index in [2.05, 4.69) is 0 Å². The Morgan fingerprint density at radius 3 is 3.00 bits per heavy atom. The van der Waals surface area contributed by atoms with E-state index in [4.69, 9.17) is 5.11 Å². The molecule has 0 aromatic heterocycles. The van der Waals surface area contributed by atoms with Crippen LogP contribution in [0.3, 0.4) is 0 Å². The molecule has 0 heterocycles. The number of carbonyl (C=O) groups excluding carboxylic acids is 1. The molecule has 1 aliphatic carbocycles. The number of aliphatic hydroxyl groups is 1. The summed E-state index contributed by atoms with van der Waals surface area (Å²) in [5.41, 5.74) is 0. The second-order valence-electron chi connectivity index (χ2n) is 2.65. The second-order valence-corrected chi connectivity index (χ2v) is 2.65. The minimum Gasteiger partial charge on any atom is -0.392 e. The lowest BCUT2D eigenvalue weighted by Gasteiger charge is -1.96. The van der Waals surface area contributed by atoms with Gasteiger partial charge in [0, 0.05) is 12.8 Å². The van der Waals surface area contributed by atoms with Crippen LogP contribution in [0.25, 0.3) is 0 Å². The first-order valence-electron chi connectivity index (χ1n) is 3.62. The number of ketones is 1. The van der Waals surface area contributed by atoms with E-state index in [0.29, 0.717) is 18.1 Å². The highest BCUT2D eigenvalue weighted by molar-refractivity contribution is 5.80. The van der Waals surface area contributed by atoms with Gasteiger partial charge in [0.15, 0.2) is 0 Å². The molecule has 1 fully saturated rings. The van der Waals surface area contributed by atoms with Gasteiger partial charge in [-0.25, -0.2) is 0 Å². The molecule has 1 atom stereocenters. The maximum absolute atomic E-state index is 10.7. The lowest BCUT2D eigenvalue weighted by atomic mass is 10.1. The zero-order valence-electron chi connectivity index (χ0n) is 5.92. The van der Waals surface area contributed by atoms with Crippen LogP contribution < -0.4 is 0 Å². The number of allylic oxidation sites excluding steroid dienone is 1. The third-order valence-corrected chi connectivity index (χ3v) is 1.80. The Labute approximate surface area is 60.6 Å². The van der Waals surface area contributed by atoms with Crippen LogP contribution in [0.4, 0.5) is 0 Å². The molecule has 0 aromatic carbocycles. The van der Waals surface area contributed by atoms with Crippen molar-refractivity contribution in [2.24, 2.45) is 5.92 Å². The van der Waals surface area contributed by atoms with E-state index in [1.807, 2.05) is 6.08 Å². The van der Waals surface area contributed by atoms with Crippen molar-refractivity contribution in [3.63, 3.8) is 0 Å². The number of aliphatic hydroxyl groups excluding tert-OH is 1. The van der Waals surface area contributed by atoms with Crippen molar-refractivity contribution in [2.75, 3.05) is 6.61 Å². The van der Waals surface area contributed by atoms with Gasteiger partial charge in [-0.3, -0.25) is 4.79 Å². The standard InChI is InChI=1S/C8H12O2/c9-5-1-2-7-3-4-8(10)6-7/h1-2,7,9H,3-6H2/b2-1+. The smallest absolute Gasteiger partial charge is 0.133 e. The molecule has 1 unspecified atom stereocenters. The van der Waals surface area contributed by atoms with Gasteiger partial charge < -0.3 is 5.11 Å². The van der Waals surface area contributed by atoms with E-state index < -0.39 is 0 Å². The Morgan fingerprint density at radius 1 is 1.70 bits per heavy atom. The summed E-state index contributed by atoms with van der Waals surface area (Å²) in [5, 5.41) is 8.42. The Bertz CT molecular complexity index is 149. The third-order valence-electron chi connectivity index (χ3n) is 1.80. The molecule has 0 radical (unpaired) electrons. The summed E-state index contributed by atoms with van der Waals surface area (Å²) < 4.78 is 0. The monoisotopic (exact) mass is 140 g/mol. The van der Waals surface area contributed by atoms with Gasteiger partial charge in [0.05, 0.1) is 6.61 Å². The quantitative estimate of drug-likeness (QED) is 0.579. The zero-order chi connectivity index (χ0) is 7.40. The summed E-state index contributed by atoms with van der Waals surface area (Å²) in [6, 6.07) is 0. The van der Waals surface area contributed by atoms with Crippen molar-refractivity contribution in [3.8, 4) is 0 Å². The number of carbonyl (C=O) groups is 1. The van der Waals surface area contributed by atoms with Crippen molar-refractivity contribution < 1.29 is 9.90 Å². The van der Waals surface area contributed by atoms with Crippen molar-refractivity contribution in [2.45, 2.75) is 19.3 Å². The Kier molecular flexibility index (Phi) is 2.63. The molecular formula is C8H12O2. The van der Waals surface area contributed by atoms with Crippen LogP contribution in [-0.4, -0.2) is 17.5 Å². The summed E-state index contributed by atoms with van der Waals surface area (Å²) in [6.45, 7) is 0.0880. The average molecular weight is 140 g/mol. The van der Waals surface area contributed by atoms with Crippen LogP contribution in [0, 0.1) is 5.92 Å². The predicted octanol–water partition coefficient (Wildman–Crippen LogP) is 0.904. The molecule has 0 aliphatic heterocycles. The SMILES string of the molecule is O=C1CCC(/C=C/CO)C1. The molecule has 2 nitrogen and oxygen atoms in total. The highest BCUT2D eigenvalue weighted by Crippen LogP contribution is 2.22. The molecule has 1 saturated carbocycles.